The third-order valence-corrected chi connectivity index (χ3v) is 4.06. The van der Waals surface area contributed by atoms with Gasteiger partial charge in [-0.2, -0.15) is 5.26 Å². The molecule has 0 aromatic heterocycles. The lowest BCUT2D eigenvalue weighted by molar-refractivity contribution is 0.0977. The number of ketones is 1. The van der Waals surface area contributed by atoms with Gasteiger partial charge in [-0.1, -0.05) is 52.3 Å². The fourth-order valence-electron chi connectivity index (χ4n) is 2.33. The Hall–Kier alpha value is -1.92. The molecule has 0 aliphatic carbocycles. The molecule has 20 heavy (non-hydrogen) atoms. The lowest BCUT2D eigenvalue weighted by Crippen LogP contribution is -2.14. The van der Waals surface area contributed by atoms with E-state index in [2.05, 4.69) is 22.0 Å². The molecule has 0 amide bonds. The lowest BCUT2D eigenvalue weighted by atomic mass is 9.88. The predicted octanol–water partition coefficient (Wildman–Crippen LogP) is 4.56. The Morgan fingerprint density at radius 1 is 1.10 bits per heavy atom. The molecule has 0 heterocycles. The maximum Gasteiger partial charge on any atom is 0.185 e. The van der Waals surface area contributed by atoms with E-state index in [9.17, 15) is 10.1 Å². The average Bonchev–Trinajstić information content (AvgIpc) is 2.41. The van der Waals surface area contributed by atoms with E-state index < -0.39 is 5.92 Å². The number of aryl methyl sites for hydroxylation is 2. The molecule has 2 aromatic carbocycles. The Morgan fingerprint density at radius 3 is 2.25 bits per heavy atom. The Kier molecular flexibility index (Phi) is 4.36. The molecule has 0 aliphatic heterocycles. The number of Topliss-reactive ketones (excluding diaryl/α,β-unsaturated/α-hetero) is 1. The van der Waals surface area contributed by atoms with Gasteiger partial charge in [-0.3, -0.25) is 4.79 Å². The Bertz CT molecular complexity index is 680. The fraction of sp³-hybridized carbons (Fsp3) is 0.176. The van der Waals surface area contributed by atoms with E-state index in [1.807, 2.05) is 56.3 Å². The highest BCUT2D eigenvalue weighted by Crippen LogP contribution is 2.29. The summed E-state index contributed by atoms with van der Waals surface area (Å²) >= 11 is 3.41. The Labute approximate surface area is 127 Å². The van der Waals surface area contributed by atoms with Gasteiger partial charge in [0.05, 0.1) is 6.07 Å². The normalized spacial score (nSPS) is 11.7. The predicted molar refractivity (Wildman–Crippen MR) is 82.7 cm³/mol. The molecule has 0 N–H and O–H groups in total. The summed E-state index contributed by atoms with van der Waals surface area (Å²) in [7, 11) is 0. The van der Waals surface area contributed by atoms with Crippen LogP contribution in [0.2, 0.25) is 0 Å². The van der Waals surface area contributed by atoms with Crippen LogP contribution in [0.1, 0.15) is 33.0 Å². The van der Waals surface area contributed by atoms with Crippen LogP contribution < -0.4 is 0 Å². The third-order valence-electron chi connectivity index (χ3n) is 3.34. The van der Waals surface area contributed by atoms with Crippen molar-refractivity contribution in [1.29, 1.82) is 5.26 Å². The zero-order valence-corrected chi connectivity index (χ0v) is 12.9. The number of nitrogens with zero attached hydrogens (tertiary/aromatic N) is 1. The third kappa shape index (κ3) is 2.66. The summed E-state index contributed by atoms with van der Waals surface area (Å²) in [6, 6.07) is 15.2. The molecule has 0 aliphatic rings. The van der Waals surface area contributed by atoms with Gasteiger partial charge < -0.3 is 0 Å². The SMILES string of the molecule is Cc1cccc(C)c1C(=O)C(C#N)c1ccccc1Br. The van der Waals surface area contributed by atoms with E-state index >= 15 is 0 Å². The minimum absolute atomic E-state index is 0.144. The van der Waals surface area contributed by atoms with Crippen LogP contribution in [0.3, 0.4) is 0 Å². The summed E-state index contributed by atoms with van der Waals surface area (Å²) in [5, 5.41) is 9.43. The fourth-order valence-corrected chi connectivity index (χ4v) is 2.84. The summed E-state index contributed by atoms with van der Waals surface area (Å²) in [5.74, 6) is -0.930. The van der Waals surface area contributed by atoms with Crippen LogP contribution in [0, 0.1) is 25.2 Å². The maximum atomic E-state index is 12.7. The topological polar surface area (TPSA) is 40.9 Å². The quantitative estimate of drug-likeness (QED) is 0.775. The smallest absolute Gasteiger partial charge is 0.185 e. The first-order valence-electron chi connectivity index (χ1n) is 6.30. The van der Waals surface area contributed by atoms with E-state index in [0.717, 1.165) is 15.6 Å². The molecule has 0 saturated heterocycles. The first kappa shape index (κ1) is 14.5. The van der Waals surface area contributed by atoms with Crippen LogP contribution in [0.25, 0.3) is 0 Å². The van der Waals surface area contributed by atoms with Gasteiger partial charge in [-0.05, 0) is 36.6 Å². The summed E-state index contributed by atoms with van der Waals surface area (Å²) in [6.07, 6.45) is 0. The number of carbonyl (C=O) groups excluding carboxylic acids is 1. The van der Waals surface area contributed by atoms with E-state index in [1.165, 1.54) is 0 Å². The summed E-state index contributed by atoms with van der Waals surface area (Å²) in [4.78, 5) is 12.7. The zero-order valence-electron chi connectivity index (χ0n) is 11.4. The van der Waals surface area contributed by atoms with Crippen molar-refractivity contribution in [3.63, 3.8) is 0 Å². The number of hydrogen-bond donors (Lipinski definition) is 0. The van der Waals surface area contributed by atoms with Crippen LogP contribution in [0.15, 0.2) is 46.9 Å². The zero-order chi connectivity index (χ0) is 14.7. The highest BCUT2D eigenvalue weighted by molar-refractivity contribution is 9.10. The van der Waals surface area contributed by atoms with Gasteiger partial charge in [0.25, 0.3) is 0 Å². The number of nitriles is 1. The lowest BCUT2D eigenvalue weighted by Gasteiger charge is -2.14. The van der Waals surface area contributed by atoms with Crippen molar-refractivity contribution < 1.29 is 4.79 Å². The number of hydrogen-bond acceptors (Lipinski definition) is 2. The van der Waals surface area contributed by atoms with Gasteiger partial charge in [-0.25, -0.2) is 0 Å². The van der Waals surface area contributed by atoms with Crippen molar-refractivity contribution in [2.45, 2.75) is 19.8 Å². The van der Waals surface area contributed by atoms with Crippen LogP contribution >= 0.6 is 15.9 Å². The maximum absolute atomic E-state index is 12.7. The molecule has 100 valence electrons. The molecule has 0 saturated carbocycles. The Balaban J connectivity index is 2.52. The van der Waals surface area contributed by atoms with Gasteiger partial charge in [-0.15, -0.1) is 0 Å². The summed E-state index contributed by atoms with van der Waals surface area (Å²) in [5.41, 5.74) is 3.17. The molecule has 0 spiro atoms. The molecule has 3 heteroatoms. The Morgan fingerprint density at radius 2 is 1.70 bits per heavy atom. The molecule has 0 fully saturated rings. The van der Waals surface area contributed by atoms with Crippen molar-refractivity contribution in [1.82, 2.24) is 0 Å². The monoisotopic (exact) mass is 327 g/mol. The van der Waals surface area contributed by atoms with Crippen molar-refractivity contribution in [3.05, 3.63) is 69.2 Å². The number of carbonyl (C=O) groups is 1. The van der Waals surface area contributed by atoms with Crippen LogP contribution in [-0.4, -0.2) is 5.78 Å². The van der Waals surface area contributed by atoms with Crippen molar-refractivity contribution in [3.8, 4) is 6.07 Å². The summed E-state index contributed by atoms with van der Waals surface area (Å²) < 4.78 is 0.783. The standard InChI is InChI=1S/C17H14BrNO/c1-11-6-5-7-12(2)16(11)17(20)14(10-19)13-8-3-4-9-15(13)18/h3-9,14H,1-2H3. The van der Waals surface area contributed by atoms with Gasteiger partial charge in [0.1, 0.15) is 5.92 Å². The second kappa shape index (κ2) is 6.02. The number of rotatable bonds is 3. The van der Waals surface area contributed by atoms with E-state index in [-0.39, 0.29) is 5.78 Å². The first-order valence-corrected chi connectivity index (χ1v) is 7.10. The number of benzene rings is 2. The second-order valence-electron chi connectivity index (χ2n) is 4.71. The highest BCUT2D eigenvalue weighted by Gasteiger charge is 2.25. The molecule has 2 rings (SSSR count). The largest absolute Gasteiger partial charge is 0.292 e. The molecular formula is C17H14BrNO. The average molecular weight is 328 g/mol. The van der Waals surface area contributed by atoms with Gasteiger partial charge in [0.15, 0.2) is 5.78 Å². The molecular weight excluding hydrogens is 314 g/mol. The van der Waals surface area contributed by atoms with Crippen molar-refractivity contribution >= 4 is 21.7 Å². The molecule has 2 aromatic rings. The number of halogens is 1. The molecule has 0 bridgehead atoms. The van der Waals surface area contributed by atoms with E-state index in [1.54, 1.807) is 0 Å². The van der Waals surface area contributed by atoms with Crippen LogP contribution in [0.5, 0.6) is 0 Å². The molecule has 2 nitrogen and oxygen atoms in total. The van der Waals surface area contributed by atoms with E-state index in [0.29, 0.717) is 11.1 Å². The van der Waals surface area contributed by atoms with Crippen LogP contribution in [-0.2, 0) is 0 Å². The van der Waals surface area contributed by atoms with Crippen molar-refractivity contribution in [2.75, 3.05) is 0 Å². The van der Waals surface area contributed by atoms with Gasteiger partial charge in [0.2, 0.25) is 0 Å². The minimum Gasteiger partial charge on any atom is -0.292 e. The highest BCUT2D eigenvalue weighted by atomic mass is 79.9. The van der Waals surface area contributed by atoms with Gasteiger partial charge >= 0.3 is 0 Å². The van der Waals surface area contributed by atoms with Gasteiger partial charge in [0, 0.05) is 10.0 Å². The minimum atomic E-state index is -0.787. The van der Waals surface area contributed by atoms with Crippen molar-refractivity contribution in [2.24, 2.45) is 0 Å². The molecule has 1 unspecified atom stereocenters. The summed E-state index contributed by atoms with van der Waals surface area (Å²) in [6.45, 7) is 3.80. The van der Waals surface area contributed by atoms with Crippen LogP contribution in [0.4, 0.5) is 0 Å². The second-order valence-corrected chi connectivity index (χ2v) is 5.57. The molecule has 1 atom stereocenters. The van der Waals surface area contributed by atoms with E-state index in [4.69, 9.17) is 0 Å². The first-order chi connectivity index (χ1) is 9.56. The molecule has 0 radical (unpaired) electrons.